The molecule has 1 heterocycles. The summed E-state index contributed by atoms with van der Waals surface area (Å²) in [6.07, 6.45) is 1.89. The first-order chi connectivity index (χ1) is 15.4. The lowest BCUT2D eigenvalue weighted by Crippen LogP contribution is -2.35. The van der Waals surface area contributed by atoms with Crippen molar-refractivity contribution < 1.29 is 18.5 Å². The monoisotopic (exact) mass is 455 g/mol. The van der Waals surface area contributed by atoms with Gasteiger partial charge in [-0.1, -0.05) is 53.2 Å². The summed E-state index contributed by atoms with van der Waals surface area (Å²) in [6, 6.07) is 13.8. The molecule has 0 aliphatic heterocycles. The lowest BCUT2D eigenvalue weighted by molar-refractivity contribution is -0.125. The Morgan fingerprint density at radius 3 is 2.69 bits per heavy atom. The predicted octanol–water partition coefficient (Wildman–Crippen LogP) is 4.66. The minimum absolute atomic E-state index is 0.0226. The first-order valence-corrected chi connectivity index (χ1v) is 10.8. The van der Waals surface area contributed by atoms with Crippen molar-refractivity contribution in [3.63, 3.8) is 0 Å². The van der Waals surface area contributed by atoms with Crippen LogP contribution in [-0.4, -0.2) is 23.0 Å². The summed E-state index contributed by atoms with van der Waals surface area (Å²) >= 11 is 6.15. The number of hydrogen-bond acceptors (Lipinski definition) is 4. The maximum Gasteiger partial charge on any atom is 0.257 e. The van der Waals surface area contributed by atoms with Crippen LogP contribution in [0.2, 0.25) is 5.02 Å². The molecule has 0 unspecified atom stereocenters. The fourth-order valence-electron chi connectivity index (χ4n) is 4.07. The van der Waals surface area contributed by atoms with Gasteiger partial charge >= 0.3 is 0 Å². The number of amides is 2. The number of benzene rings is 2. The number of hydrogen-bond donors (Lipinski definition) is 2. The van der Waals surface area contributed by atoms with Crippen LogP contribution in [0.1, 0.15) is 40.9 Å². The SMILES string of the molecule is Cc1onc(-c2c(F)cccc2Cl)c1C(=O)N[C@@H]1CC[C@H](C(=O)NCc2ccccc2)C1. The Balaban J connectivity index is 1.40. The standard InChI is InChI=1S/C24H23ClFN3O3/c1-14-20(22(29-32-14)21-18(25)8-5-9-19(21)26)24(31)28-17-11-10-16(12-17)23(30)27-13-15-6-3-2-4-7-15/h2-9,16-17H,10-13H2,1H3,(H,27,30)(H,28,31)/t16-,17+/m0/s1. The molecule has 0 saturated heterocycles. The molecule has 2 N–H and O–H groups in total. The van der Waals surface area contributed by atoms with E-state index in [1.54, 1.807) is 6.92 Å². The molecule has 0 bridgehead atoms. The van der Waals surface area contributed by atoms with Gasteiger partial charge in [0, 0.05) is 18.5 Å². The molecule has 1 aromatic heterocycles. The van der Waals surface area contributed by atoms with Crippen LogP contribution in [-0.2, 0) is 11.3 Å². The summed E-state index contributed by atoms with van der Waals surface area (Å²) < 4.78 is 19.6. The molecule has 1 saturated carbocycles. The lowest BCUT2D eigenvalue weighted by Gasteiger charge is -2.14. The van der Waals surface area contributed by atoms with Crippen LogP contribution in [0.5, 0.6) is 0 Å². The second-order valence-corrected chi connectivity index (χ2v) is 8.35. The molecule has 2 aromatic carbocycles. The van der Waals surface area contributed by atoms with Gasteiger partial charge in [0.2, 0.25) is 5.91 Å². The van der Waals surface area contributed by atoms with Crippen LogP contribution >= 0.6 is 11.6 Å². The molecular weight excluding hydrogens is 433 g/mol. The second kappa shape index (κ2) is 9.53. The van der Waals surface area contributed by atoms with Crippen LogP contribution in [0.25, 0.3) is 11.3 Å². The van der Waals surface area contributed by atoms with E-state index < -0.39 is 11.7 Å². The molecule has 6 nitrogen and oxygen atoms in total. The number of rotatable bonds is 6. The zero-order valence-electron chi connectivity index (χ0n) is 17.5. The van der Waals surface area contributed by atoms with Crippen LogP contribution < -0.4 is 10.6 Å². The van der Waals surface area contributed by atoms with E-state index in [1.165, 1.54) is 18.2 Å². The second-order valence-electron chi connectivity index (χ2n) is 7.94. The van der Waals surface area contributed by atoms with E-state index in [-0.39, 0.29) is 45.5 Å². The minimum Gasteiger partial charge on any atom is -0.360 e. The van der Waals surface area contributed by atoms with Gasteiger partial charge in [0.1, 0.15) is 22.8 Å². The van der Waals surface area contributed by atoms with Crippen molar-refractivity contribution in [3.8, 4) is 11.3 Å². The molecule has 4 rings (SSSR count). The fraction of sp³-hybridized carbons (Fsp3) is 0.292. The quantitative estimate of drug-likeness (QED) is 0.566. The minimum atomic E-state index is -0.587. The highest BCUT2D eigenvalue weighted by atomic mass is 35.5. The molecule has 3 aromatic rings. The third kappa shape index (κ3) is 4.67. The van der Waals surface area contributed by atoms with Crippen LogP contribution in [0.4, 0.5) is 4.39 Å². The zero-order valence-corrected chi connectivity index (χ0v) is 18.3. The topological polar surface area (TPSA) is 84.2 Å². The molecule has 0 spiro atoms. The summed E-state index contributed by atoms with van der Waals surface area (Å²) in [4.78, 5) is 25.6. The highest BCUT2D eigenvalue weighted by molar-refractivity contribution is 6.33. The molecule has 32 heavy (non-hydrogen) atoms. The van der Waals surface area contributed by atoms with E-state index in [0.717, 1.165) is 5.56 Å². The first kappa shape index (κ1) is 22.0. The number of nitrogens with zero attached hydrogens (tertiary/aromatic N) is 1. The van der Waals surface area contributed by atoms with Gasteiger partial charge in [0.05, 0.1) is 10.6 Å². The maximum absolute atomic E-state index is 14.4. The maximum atomic E-state index is 14.4. The number of aromatic nitrogens is 1. The highest BCUT2D eigenvalue weighted by Crippen LogP contribution is 2.34. The van der Waals surface area contributed by atoms with Crippen molar-refractivity contribution in [2.24, 2.45) is 5.92 Å². The van der Waals surface area contributed by atoms with Crippen molar-refractivity contribution in [1.29, 1.82) is 0 Å². The van der Waals surface area contributed by atoms with Gasteiger partial charge in [-0.3, -0.25) is 9.59 Å². The smallest absolute Gasteiger partial charge is 0.257 e. The number of nitrogens with one attached hydrogen (secondary N) is 2. The molecule has 1 aliphatic carbocycles. The Bertz CT molecular complexity index is 1110. The summed E-state index contributed by atoms with van der Waals surface area (Å²) in [5.41, 5.74) is 1.28. The average molecular weight is 456 g/mol. The fourth-order valence-corrected chi connectivity index (χ4v) is 4.32. The van der Waals surface area contributed by atoms with Gasteiger partial charge in [-0.2, -0.15) is 0 Å². The van der Waals surface area contributed by atoms with Gasteiger partial charge in [0.15, 0.2) is 0 Å². The van der Waals surface area contributed by atoms with Crippen molar-refractivity contribution in [2.75, 3.05) is 0 Å². The Morgan fingerprint density at radius 2 is 1.94 bits per heavy atom. The number of halogens is 2. The van der Waals surface area contributed by atoms with E-state index in [0.29, 0.717) is 25.8 Å². The predicted molar refractivity (Wildman–Crippen MR) is 119 cm³/mol. The van der Waals surface area contributed by atoms with E-state index in [2.05, 4.69) is 15.8 Å². The van der Waals surface area contributed by atoms with Gasteiger partial charge in [0.25, 0.3) is 5.91 Å². The number of carbonyl (C=O) groups excluding carboxylic acids is 2. The Kier molecular flexibility index (Phi) is 6.55. The van der Waals surface area contributed by atoms with Gasteiger partial charge < -0.3 is 15.2 Å². The molecule has 166 valence electrons. The van der Waals surface area contributed by atoms with Crippen molar-refractivity contribution in [2.45, 2.75) is 38.8 Å². The number of carbonyl (C=O) groups is 2. The molecule has 1 aliphatic rings. The zero-order chi connectivity index (χ0) is 22.7. The first-order valence-electron chi connectivity index (χ1n) is 10.5. The van der Waals surface area contributed by atoms with Crippen molar-refractivity contribution in [3.05, 3.63) is 76.3 Å². The summed E-state index contributed by atoms with van der Waals surface area (Å²) in [5.74, 6) is -0.935. The lowest BCUT2D eigenvalue weighted by atomic mass is 10.0. The third-order valence-corrected chi connectivity index (χ3v) is 6.05. The molecule has 2 amide bonds. The van der Waals surface area contributed by atoms with E-state index in [1.807, 2.05) is 30.3 Å². The van der Waals surface area contributed by atoms with E-state index >= 15 is 0 Å². The van der Waals surface area contributed by atoms with Gasteiger partial charge in [-0.25, -0.2) is 4.39 Å². The Labute approximate surface area is 190 Å². The van der Waals surface area contributed by atoms with Crippen molar-refractivity contribution >= 4 is 23.4 Å². The molecular formula is C24H23ClFN3O3. The Hall–Kier alpha value is -3.19. The van der Waals surface area contributed by atoms with E-state index in [9.17, 15) is 14.0 Å². The molecule has 8 heteroatoms. The summed E-state index contributed by atoms with van der Waals surface area (Å²) in [5, 5.41) is 9.92. The van der Waals surface area contributed by atoms with Crippen LogP contribution in [0, 0.1) is 18.7 Å². The Morgan fingerprint density at radius 1 is 1.16 bits per heavy atom. The third-order valence-electron chi connectivity index (χ3n) is 5.74. The van der Waals surface area contributed by atoms with Crippen LogP contribution in [0.3, 0.4) is 0 Å². The normalized spacial score (nSPS) is 17.8. The van der Waals surface area contributed by atoms with Gasteiger partial charge in [-0.05, 0) is 43.9 Å². The van der Waals surface area contributed by atoms with E-state index in [4.69, 9.17) is 16.1 Å². The number of aryl methyl sites for hydroxylation is 1. The molecule has 2 atom stereocenters. The summed E-state index contributed by atoms with van der Waals surface area (Å²) in [7, 11) is 0. The molecule has 0 radical (unpaired) electrons. The van der Waals surface area contributed by atoms with Gasteiger partial charge in [-0.15, -0.1) is 0 Å². The largest absolute Gasteiger partial charge is 0.360 e. The molecule has 1 fully saturated rings. The average Bonchev–Trinajstić information content (AvgIpc) is 3.39. The van der Waals surface area contributed by atoms with Crippen molar-refractivity contribution in [1.82, 2.24) is 15.8 Å². The highest BCUT2D eigenvalue weighted by Gasteiger charge is 2.33. The van der Waals surface area contributed by atoms with Crippen LogP contribution in [0.15, 0.2) is 53.1 Å². The summed E-state index contributed by atoms with van der Waals surface area (Å²) in [6.45, 7) is 2.06.